The third kappa shape index (κ3) is 2.47. The molecule has 1 aromatic heterocycles. The highest BCUT2D eigenvalue weighted by atomic mass is 32.1. The van der Waals surface area contributed by atoms with Crippen molar-refractivity contribution in [3.63, 3.8) is 0 Å². The molecular formula is C13H22N2S. The van der Waals surface area contributed by atoms with Crippen LogP contribution < -0.4 is 5.73 Å². The van der Waals surface area contributed by atoms with Crippen LogP contribution in [0.3, 0.4) is 0 Å². The summed E-state index contributed by atoms with van der Waals surface area (Å²) < 4.78 is 0. The molecule has 1 aliphatic heterocycles. The van der Waals surface area contributed by atoms with Gasteiger partial charge in [0.1, 0.15) is 0 Å². The van der Waals surface area contributed by atoms with E-state index in [1.54, 1.807) is 0 Å². The van der Waals surface area contributed by atoms with Crippen molar-refractivity contribution in [1.82, 2.24) is 4.90 Å². The number of likely N-dealkylation sites (tertiary alicyclic amines) is 1. The summed E-state index contributed by atoms with van der Waals surface area (Å²) in [4.78, 5) is 3.96. The van der Waals surface area contributed by atoms with E-state index in [2.05, 4.69) is 43.2 Å². The zero-order valence-electron chi connectivity index (χ0n) is 10.4. The van der Waals surface area contributed by atoms with Crippen molar-refractivity contribution in [3.05, 3.63) is 22.4 Å². The Morgan fingerprint density at radius 1 is 1.50 bits per heavy atom. The zero-order chi connectivity index (χ0) is 11.8. The zero-order valence-corrected chi connectivity index (χ0v) is 11.3. The van der Waals surface area contributed by atoms with Gasteiger partial charge in [0.25, 0.3) is 0 Å². The third-order valence-corrected chi connectivity index (χ3v) is 4.38. The van der Waals surface area contributed by atoms with Crippen LogP contribution in [0.15, 0.2) is 17.5 Å². The highest BCUT2D eigenvalue weighted by Crippen LogP contribution is 2.37. The summed E-state index contributed by atoms with van der Waals surface area (Å²) >= 11 is 1.82. The third-order valence-electron chi connectivity index (χ3n) is 3.43. The fourth-order valence-corrected chi connectivity index (χ4v) is 3.60. The van der Waals surface area contributed by atoms with Gasteiger partial charge in [0.15, 0.2) is 0 Å². The highest BCUT2D eigenvalue weighted by molar-refractivity contribution is 7.10. The maximum Gasteiger partial charge on any atom is 0.0590 e. The van der Waals surface area contributed by atoms with Gasteiger partial charge < -0.3 is 5.73 Å². The quantitative estimate of drug-likeness (QED) is 0.877. The summed E-state index contributed by atoms with van der Waals surface area (Å²) in [5.74, 6) is 0. The Labute approximate surface area is 102 Å². The smallest absolute Gasteiger partial charge is 0.0590 e. The van der Waals surface area contributed by atoms with Gasteiger partial charge in [-0.15, -0.1) is 11.3 Å². The van der Waals surface area contributed by atoms with Gasteiger partial charge >= 0.3 is 0 Å². The predicted octanol–water partition coefficient (Wildman–Crippen LogP) is 2.87. The van der Waals surface area contributed by atoms with E-state index in [-0.39, 0.29) is 6.04 Å². The lowest BCUT2D eigenvalue weighted by Gasteiger charge is -2.31. The Kier molecular flexibility index (Phi) is 3.38. The van der Waals surface area contributed by atoms with E-state index in [0.717, 1.165) is 6.54 Å². The van der Waals surface area contributed by atoms with E-state index >= 15 is 0 Å². The molecule has 0 bridgehead atoms. The molecule has 2 rings (SSSR count). The normalized spacial score (nSPS) is 24.5. The number of rotatable bonds is 3. The van der Waals surface area contributed by atoms with Crippen molar-refractivity contribution in [2.24, 2.45) is 11.1 Å². The molecule has 90 valence electrons. The van der Waals surface area contributed by atoms with Crippen LogP contribution in [0.1, 0.15) is 38.1 Å². The fraction of sp³-hybridized carbons (Fsp3) is 0.692. The molecule has 1 saturated heterocycles. The molecule has 2 heterocycles. The maximum absolute atomic E-state index is 6.16. The van der Waals surface area contributed by atoms with Gasteiger partial charge in [0.05, 0.1) is 6.04 Å². The summed E-state index contributed by atoms with van der Waals surface area (Å²) in [6, 6.07) is 4.94. The lowest BCUT2D eigenvalue weighted by Crippen LogP contribution is -2.38. The topological polar surface area (TPSA) is 29.3 Å². The molecule has 16 heavy (non-hydrogen) atoms. The standard InChI is InChI=1S/C13H22N2S/c1-10(14)12(11-5-4-8-16-11)15-7-6-13(2,3)9-15/h4-5,8,10,12H,6-7,9,14H2,1-3H3. The van der Waals surface area contributed by atoms with Gasteiger partial charge in [0, 0.05) is 17.5 Å². The summed E-state index contributed by atoms with van der Waals surface area (Å²) in [6.07, 6.45) is 1.28. The molecule has 2 atom stereocenters. The van der Waals surface area contributed by atoms with Gasteiger partial charge in [-0.05, 0) is 36.8 Å². The molecule has 2 nitrogen and oxygen atoms in total. The minimum atomic E-state index is 0.201. The number of hydrogen-bond donors (Lipinski definition) is 1. The van der Waals surface area contributed by atoms with Crippen molar-refractivity contribution in [2.45, 2.75) is 39.3 Å². The molecule has 0 aromatic carbocycles. The predicted molar refractivity (Wildman–Crippen MR) is 70.7 cm³/mol. The maximum atomic E-state index is 6.16. The van der Waals surface area contributed by atoms with Crippen LogP contribution in [-0.2, 0) is 0 Å². The number of nitrogens with two attached hydrogens (primary N) is 1. The van der Waals surface area contributed by atoms with Gasteiger partial charge in [-0.1, -0.05) is 19.9 Å². The van der Waals surface area contributed by atoms with Crippen LogP contribution in [0.5, 0.6) is 0 Å². The second kappa shape index (κ2) is 4.47. The van der Waals surface area contributed by atoms with Gasteiger partial charge in [-0.2, -0.15) is 0 Å². The largest absolute Gasteiger partial charge is 0.326 e. The number of nitrogens with zero attached hydrogens (tertiary/aromatic N) is 1. The van der Waals surface area contributed by atoms with Crippen LogP contribution in [0.4, 0.5) is 0 Å². The molecular weight excluding hydrogens is 216 g/mol. The summed E-state index contributed by atoms with van der Waals surface area (Å²) in [5, 5.41) is 2.14. The molecule has 1 aliphatic rings. The summed E-state index contributed by atoms with van der Waals surface area (Å²) in [5.41, 5.74) is 6.61. The highest BCUT2D eigenvalue weighted by Gasteiger charge is 2.35. The second-order valence-corrected chi connectivity index (χ2v) is 6.68. The first kappa shape index (κ1) is 12.1. The first-order chi connectivity index (χ1) is 7.49. The lowest BCUT2D eigenvalue weighted by atomic mass is 9.93. The monoisotopic (exact) mass is 238 g/mol. The Bertz CT molecular complexity index is 330. The lowest BCUT2D eigenvalue weighted by molar-refractivity contribution is 0.200. The van der Waals surface area contributed by atoms with E-state index in [0.29, 0.717) is 11.5 Å². The molecule has 2 unspecified atom stereocenters. The average molecular weight is 238 g/mol. The van der Waals surface area contributed by atoms with Crippen molar-refractivity contribution in [3.8, 4) is 0 Å². The van der Waals surface area contributed by atoms with Gasteiger partial charge in [-0.25, -0.2) is 0 Å². The Morgan fingerprint density at radius 2 is 2.25 bits per heavy atom. The molecule has 0 radical (unpaired) electrons. The van der Waals surface area contributed by atoms with Crippen molar-refractivity contribution >= 4 is 11.3 Å². The molecule has 1 aromatic rings. The van der Waals surface area contributed by atoms with E-state index in [1.165, 1.54) is 17.8 Å². The second-order valence-electron chi connectivity index (χ2n) is 5.70. The van der Waals surface area contributed by atoms with E-state index in [4.69, 9.17) is 5.73 Å². The van der Waals surface area contributed by atoms with Crippen molar-refractivity contribution in [1.29, 1.82) is 0 Å². The Balaban J connectivity index is 2.16. The number of thiophene rings is 1. The van der Waals surface area contributed by atoms with E-state index < -0.39 is 0 Å². The van der Waals surface area contributed by atoms with E-state index in [9.17, 15) is 0 Å². The molecule has 2 N–H and O–H groups in total. The van der Waals surface area contributed by atoms with Crippen LogP contribution in [0, 0.1) is 5.41 Å². The Morgan fingerprint density at radius 3 is 2.69 bits per heavy atom. The minimum absolute atomic E-state index is 0.201. The molecule has 0 saturated carbocycles. The summed E-state index contributed by atoms with van der Waals surface area (Å²) in [6.45, 7) is 9.16. The molecule has 0 aliphatic carbocycles. The van der Waals surface area contributed by atoms with Crippen molar-refractivity contribution in [2.75, 3.05) is 13.1 Å². The van der Waals surface area contributed by atoms with E-state index in [1.807, 2.05) is 11.3 Å². The van der Waals surface area contributed by atoms with Gasteiger partial charge in [0.2, 0.25) is 0 Å². The average Bonchev–Trinajstić information content (AvgIpc) is 2.76. The number of hydrogen-bond acceptors (Lipinski definition) is 3. The SMILES string of the molecule is CC(N)C(c1cccs1)N1CCC(C)(C)C1. The van der Waals surface area contributed by atoms with Crippen LogP contribution in [-0.4, -0.2) is 24.0 Å². The summed E-state index contributed by atoms with van der Waals surface area (Å²) in [7, 11) is 0. The molecule has 0 amide bonds. The minimum Gasteiger partial charge on any atom is -0.326 e. The fourth-order valence-electron chi connectivity index (χ4n) is 2.62. The van der Waals surface area contributed by atoms with Crippen molar-refractivity contribution < 1.29 is 0 Å². The van der Waals surface area contributed by atoms with Crippen LogP contribution in [0.25, 0.3) is 0 Å². The first-order valence-corrected chi connectivity index (χ1v) is 6.91. The van der Waals surface area contributed by atoms with Crippen LogP contribution >= 0.6 is 11.3 Å². The first-order valence-electron chi connectivity index (χ1n) is 6.03. The molecule has 3 heteroatoms. The molecule has 0 spiro atoms. The Hall–Kier alpha value is -0.380. The van der Waals surface area contributed by atoms with Gasteiger partial charge in [-0.3, -0.25) is 4.90 Å². The van der Waals surface area contributed by atoms with Crippen LogP contribution in [0.2, 0.25) is 0 Å². The molecule has 1 fully saturated rings.